The lowest BCUT2D eigenvalue weighted by Crippen LogP contribution is -2.06. The quantitative estimate of drug-likeness (QED) is 0.462. The second-order valence-electron chi connectivity index (χ2n) is 4.02. The molecule has 0 aliphatic rings. The normalized spacial score (nSPS) is 11.9. The van der Waals surface area contributed by atoms with Gasteiger partial charge in [0.25, 0.3) is 0 Å². The maximum Gasteiger partial charge on any atom is 0.345 e. The van der Waals surface area contributed by atoms with E-state index < -0.39 is 5.97 Å². The van der Waals surface area contributed by atoms with Gasteiger partial charge in [0.1, 0.15) is 0 Å². The van der Waals surface area contributed by atoms with Gasteiger partial charge in [0.2, 0.25) is 0 Å². The molecule has 17 heavy (non-hydrogen) atoms. The minimum atomic E-state index is -0.642. The van der Waals surface area contributed by atoms with Gasteiger partial charge in [-0.3, -0.25) is 4.79 Å². The highest BCUT2D eigenvalue weighted by Crippen LogP contribution is 2.13. The topological polar surface area (TPSA) is 63.6 Å². The van der Waals surface area contributed by atoms with E-state index in [0.29, 0.717) is 11.5 Å². The number of aliphatic hydroxyl groups excluding tert-OH is 1. The molecule has 4 nitrogen and oxygen atoms in total. The van der Waals surface area contributed by atoms with Crippen LogP contribution >= 0.6 is 0 Å². The second kappa shape index (κ2) is 6.81. The van der Waals surface area contributed by atoms with Gasteiger partial charge in [0.15, 0.2) is 0 Å². The van der Waals surface area contributed by atoms with Crippen LogP contribution in [0.2, 0.25) is 0 Å². The van der Waals surface area contributed by atoms with E-state index >= 15 is 0 Å². The minimum absolute atomic E-state index is 0.128. The summed E-state index contributed by atoms with van der Waals surface area (Å²) in [4.78, 5) is 21.4. The number of carbonyl (C=O) groups is 2. The molecule has 4 heteroatoms. The Hall–Kier alpha value is -1.68. The molecule has 92 valence electrons. The molecule has 0 amide bonds. The highest BCUT2D eigenvalue weighted by atomic mass is 16.6. The van der Waals surface area contributed by atoms with Crippen molar-refractivity contribution in [2.24, 2.45) is 5.92 Å². The molecular formula is C13H16O4. The first-order valence-corrected chi connectivity index (χ1v) is 5.51. The van der Waals surface area contributed by atoms with Crippen LogP contribution in [0.3, 0.4) is 0 Å². The van der Waals surface area contributed by atoms with E-state index in [0.717, 1.165) is 18.4 Å². The van der Waals surface area contributed by atoms with Gasteiger partial charge in [0.05, 0.1) is 5.56 Å². The van der Waals surface area contributed by atoms with E-state index in [1.807, 2.05) is 13.0 Å². The molecule has 0 fully saturated rings. The predicted molar refractivity (Wildman–Crippen MR) is 62.5 cm³/mol. The number of rotatable bonds is 6. The molecule has 1 aromatic rings. The Labute approximate surface area is 100 Å². The lowest BCUT2D eigenvalue weighted by molar-refractivity contribution is -0.123. The average molecular weight is 236 g/mol. The summed E-state index contributed by atoms with van der Waals surface area (Å²) in [6.07, 6.45) is 1.51. The number of ether oxygens (including phenoxy) is 1. The largest absolute Gasteiger partial charge is 0.396 e. The van der Waals surface area contributed by atoms with Crippen molar-refractivity contribution in [3.63, 3.8) is 0 Å². The molecule has 1 rings (SSSR count). The van der Waals surface area contributed by atoms with Crippen LogP contribution in [0.25, 0.3) is 0 Å². The lowest BCUT2D eigenvalue weighted by atomic mass is 9.97. The van der Waals surface area contributed by atoms with Crippen LogP contribution in [0.4, 0.5) is 0 Å². The van der Waals surface area contributed by atoms with Crippen LogP contribution in [-0.2, 0) is 16.0 Å². The fraction of sp³-hybridized carbons (Fsp3) is 0.385. The van der Waals surface area contributed by atoms with Crippen LogP contribution in [-0.4, -0.2) is 24.2 Å². The van der Waals surface area contributed by atoms with Gasteiger partial charge in [-0.15, -0.1) is 0 Å². The first kappa shape index (κ1) is 13.4. The van der Waals surface area contributed by atoms with Crippen LogP contribution in [0.15, 0.2) is 24.3 Å². The highest BCUT2D eigenvalue weighted by molar-refractivity contribution is 5.93. The number of benzene rings is 1. The van der Waals surface area contributed by atoms with Gasteiger partial charge in [-0.05, 0) is 36.5 Å². The van der Waals surface area contributed by atoms with Crippen molar-refractivity contribution in [2.75, 3.05) is 6.61 Å². The Morgan fingerprint density at radius 1 is 1.53 bits per heavy atom. The van der Waals surface area contributed by atoms with E-state index in [1.165, 1.54) is 0 Å². The minimum Gasteiger partial charge on any atom is -0.396 e. The highest BCUT2D eigenvalue weighted by Gasteiger charge is 2.09. The van der Waals surface area contributed by atoms with Crippen LogP contribution in [0.1, 0.15) is 29.3 Å². The third-order valence-corrected chi connectivity index (χ3v) is 2.52. The zero-order valence-electron chi connectivity index (χ0n) is 9.76. The summed E-state index contributed by atoms with van der Waals surface area (Å²) in [5.74, 6) is -0.297. The molecule has 1 aromatic carbocycles. The molecule has 0 saturated carbocycles. The van der Waals surface area contributed by atoms with Crippen molar-refractivity contribution >= 4 is 12.4 Å². The molecule has 1 unspecified atom stereocenters. The summed E-state index contributed by atoms with van der Waals surface area (Å²) >= 11 is 0. The van der Waals surface area contributed by atoms with Crippen molar-refractivity contribution in [3.05, 3.63) is 35.4 Å². The third-order valence-electron chi connectivity index (χ3n) is 2.52. The van der Waals surface area contributed by atoms with E-state index in [4.69, 9.17) is 5.11 Å². The zero-order chi connectivity index (χ0) is 12.7. The van der Waals surface area contributed by atoms with Gasteiger partial charge >= 0.3 is 12.4 Å². The third kappa shape index (κ3) is 4.36. The smallest absolute Gasteiger partial charge is 0.345 e. The molecule has 0 bridgehead atoms. The summed E-state index contributed by atoms with van der Waals surface area (Å²) in [5, 5.41) is 8.81. The Morgan fingerprint density at radius 2 is 2.29 bits per heavy atom. The Balaban J connectivity index is 2.71. The average Bonchev–Trinajstić information content (AvgIpc) is 2.30. The maximum absolute atomic E-state index is 11.3. The first-order chi connectivity index (χ1) is 8.17. The van der Waals surface area contributed by atoms with Crippen molar-refractivity contribution < 1.29 is 19.4 Å². The molecule has 0 aliphatic heterocycles. The Kier molecular flexibility index (Phi) is 5.36. The van der Waals surface area contributed by atoms with Gasteiger partial charge in [-0.1, -0.05) is 19.1 Å². The van der Waals surface area contributed by atoms with E-state index in [2.05, 4.69) is 4.74 Å². The lowest BCUT2D eigenvalue weighted by Gasteiger charge is -2.10. The number of esters is 1. The molecule has 0 radical (unpaired) electrons. The maximum atomic E-state index is 11.3. The molecule has 1 N–H and O–H groups in total. The standard InChI is InChI=1S/C13H16O4/c1-10(5-6-14)7-11-3-2-4-12(8-11)13(16)17-9-15/h2-4,8-10,14H,5-7H2,1H3. The Morgan fingerprint density at radius 3 is 2.94 bits per heavy atom. The summed E-state index contributed by atoms with van der Waals surface area (Å²) in [7, 11) is 0. The van der Waals surface area contributed by atoms with Crippen LogP contribution in [0.5, 0.6) is 0 Å². The van der Waals surface area contributed by atoms with E-state index in [1.54, 1.807) is 18.2 Å². The molecule has 0 heterocycles. The fourth-order valence-corrected chi connectivity index (χ4v) is 1.66. The molecular weight excluding hydrogens is 220 g/mol. The number of aliphatic hydroxyl groups is 1. The van der Waals surface area contributed by atoms with Gasteiger partial charge < -0.3 is 9.84 Å². The van der Waals surface area contributed by atoms with Crippen LogP contribution < -0.4 is 0 Å². The number of carbonyl (C=O) groups excluding carboxylic acids is 2. The summed E-state index contributed by atoms with van der Waals surface area (Å²) < 4.78 is 4.28. The first-order valence-electron chi connectivity index (χ1n) is 5.51. The summed E-state index contributed by atoms with van der Waals surface area (Å²) in [6, 6.07) is 6.97. The van der Waals surface area contributed by atoms with Gasteiger partial charge in [-0.2, -0.15) is 0 Å². The molecule has 0 spiro atoms. The van der Waals surface area contributed by atoms with Crippen LogP contribution in [0, 0.1) is 5.92 Å². The monoisotopic (exact) mass is 236 g/mol. The zero-order valence-corrected chi connectivity index (χ0v) is 9.76. The fourth-order valence-electron chi connectivity index (χ4n) is 1.66. The van der Waals surface area contributed by atoms with Crippen molar-refractivity contribution in [3.8, 4) is 0 Å². The van der Waals surface area contributed by atoms with Crippen molar-refractivity contribution in [1.29, 1.82) is 0 Å². The molecule has 0 aromatic heterocycles. The molecule has 1 atom stereocenters. The second-order valence-corrected chi connectivity index (χ2v) is 4.02. The van der Waals surface area contributed by atoms with Crippen molar-refractivity contribution in [2.45, 2.75) is 19.8 Å². The predicted octanol–water partition coefficient (Wildman–Crippen LogP) is 1.56. The van der Waals surface area contributed by atoms with E-state index in [-0.39, 0.29) is 13.1 Å². The number of hydrogen-bond acceptors (Lipinski definition) is 4. The van der Waals surface area contributed by atoms with Crippen molar-refractivity contribution in [1.82, 2.24) is 0 Å². The van der Waals surface area contributed by atoms with Gasteiger partial charge in [-0.25, -0.2) is 4.79 Å². The molecule has 0 aliphatic carbocycles. The van der Waals surface area contributed by atoms with E-state index in [9.17, 15) is 9.59 Å². The summed E-state index contributed by atoms with van der Waals surface area (Å²) in [5.41, 5.74) is 1.36. The summed E-state index contributed by atoms with van der Waals surface area (Å²) in [6.45, 7) is 2.32. The molecule has 0 saturated heterocycles. The number of hydrogen-bond donors (Lipinski definition) is 1. The van der Waals surface area contributed by atoms with Gasteiger partial charge in [0, 0.05) is 6.61 Å². The Bertz CT molecular complexity index is 387. The SMILES string of the molecule is CC(CCO)Cc1cccc(C(=O)OC=O)c1.